The van der Waals surface area contributed by atoms with Crippen LogP contribution in [0.5, 0.6) is 0 Å². The summed E-state index contributed by atoms with van der Waals surface area (Å²) in [7, 11) is 0. The predicted molar refractivity (Wildman–Crippen MR) is 61.6 cm³/mol. The Morgan fingerprint density at radius 2 is 2.13 bits per heavy atom. The maximum absolute atomic E-state index is 11.3. The summed E-state index contributed by atoms with van der Waals surface area (Å²) < 4.78 is 0.503. The van der Waals surface area contributed by atoms with Gasteiger partial charge in [0, 0.05) is 13.1 Å². The summed E-state index contributed by atoms with van der Waals surface area (Å²) in [5.74, 6) is 0. The molecule has 1 fully saturated rings. The smallest absolute Gasteiger partial charge is 0.280 e. The van der Waals surface area contributed by atoms with Crippen LogP contribution in [0.15, 0.2) is 15.5 Å². The number of H-pyrrole nitrogens is 1. The molecule has 5 nitrogen and oxygen atoms in total. The second kappa shape index (κ2) is 4.76. The summed E-state index contributed by atoms with van der Waals surface area (Å²) in [6.07, 6.45) is 5.29. The Kier molecular flexibility index (Phi) is 3.37. The van der Waals surface area contributed by atoms with Crippen LogP contribution in [0.3, 0.4) is 0 Å². The van der Waals surface area contributed by atoms with Gasteiger partial charge in [-0.3, -0.25) is 4.79 Å². The highest BCUT2D eigenvalue weighted by Gasteiger charge is 2.12. The van der Waals surface area contributed by atoms with E-state index in [1.54, 1.807) is 6.20 Å². The fourth-order valence-electron chi connectivity index (χ4n) is 1.64. The predicted octanol–water partition coefficient (Wildman–Crippen LogP) is 1.35. The zero-order chi connectivity index (χ0) is 10.7. The number of hydrazine groups is 1. The van der Waals surface area contributed by atoms with Crippen molar-refractivity contribution in [2.24, 2.45) is 0 Å². The monoisotopic (exact) mass is 272 g/mol. The fourth-order valence-corrected chi connectivity index (χ4v) is 1.92. The van der Waals surface area contributed by atoms with Crippen molar-refractivity contribution in [3.8, 4) is 0 Å². The Bertz CT molecular complexity index is 386. The van der Waals surface area contributed by atoms with Gasteiger partial charge >= 0.3 is 0 Å². The molecule has 1 aromatic rings. The van der Waals surface area contributed by atoms with E-state index in [1.165, 1.54) is 19.3 Å². The number of piperidine rings is 1. The zero-order valence-electron chi connectivity index (χ0n) is 8.29. The third-order valence-electron chi connectivity index (χ3n) is 2.43. The molecular formula is C9H13BrN4O. The number of aromatic nitrogens is 2. The summed E-state index contributed by atoms with van der Waals surface area (Å²) in [5.41, 5.74) is 3.71. The van der Waals surface area contributed by atoms with Crippen LogP contribution in [-0.2, 0) is 0 Å². The molecule has 0 saturated carbocycles. The largest absolute Gasteiger partial charge is 0.316 e. The summed E-state index contributed by atoms with van der Waals surface area (Å²) in [5, 5.41) is 8.24. The van der Waals surface area contributed by atoms with Crippen molar-refractivity contribution < 1.29 is 0 Å². The van der Waals surface area contributed by atoms with Gasteiger partial charge in [0.15, 0.2) is 0 Å². The van der Waals surface area contributed by atoms with Gasteiger partial charge in [0.05, 0.1) is 11.9 Å². The van der Waals surface area contributed by atoms with Gasteiger partial charge in [-0.1, -0.05) is 6.42 Å². The molecule has 6 heteroatoms. The van der Waals surface area contributed by atoms with E-state index in [9.17, 15) is 4.79 Å². The first-order valence-corrected chi connectivity index (χ1v) is 5.81. The summed E-state index contributed by atoms with van der Waals surface area (Å²) >= 11 is 3.23. The molecule has 2 N–H and O–H groups in total. The summed E-state index contributed by atoms with van der Waals surface area (Å²) in [4.78, 5) is 11.3. The van der Waals surface area contributed by atoms with E-state index in [0.717, 1.165) is 18.8 Å². The third kappa shape index (κ3) is 2.57. The van der Waals surface area contributed by atoms with Gasteiger partial charge in [0.1, 0.15) is 4.47 Å². The van der Waals surface area contributed by atoms with Gasteiger partial charge in [0.2, 0.25) is 0 Å². The molecule has 0 radical (unpaired) electrons. The number of anilines is 1. The highest BCUT2D eigenvalue weighted by molar-refractivity contribution is 9.10. The SMILES string of the molecule is O=c1[nH]ncc(NN2CCCCC2)c1Br. The van der Waals surface area contributed by atoms with Crippen molar-refractivity contribution in [3.05, 3.63) is 21.0 Å². The molecule has 2 rings (SSSR count). The standard InChI is InChI=1S/C9H13BrN4O/c10-8-7(6-11-12-9(8)15)13-14-4-2-1-3-5-14/h6H,1-5H2,(H2,12,13,15). The van der Waals surface area contributed by atoms with E-state index in [1.807, 2.05) is 0 Å². The number of nitrogens with one attached hydrogen (secondary N) is 2. The molecule has 0 unspecified atom stereocenters. The van der Waals surface area contributed by atoms with E-state index in [0.29, 0.717) is 4.47 Å². The van der Waals surface area contributed by atoms with Crippen LogP contribution in [-0.4, -0.2) is 28.3 Å². The van der Waals surface area contributed by atoms with Gasteiger partial charge in [-0.25, -0.2) is 10.1 Å². The topological polar surface area (TPSA) is 61.0 Å². The number of aromatic amines is 1. The van der Waals surface area contributed by atoms with Gasteiger partial charge in [-0.15, -0.1) is 0 Å². The minimum Gasteiger partial charge on any atom is -0.316 e. The lowest BCUT2D eigenvalue weighted by molar-refractivity contribution is 0.273. The lowest BCUT2D eigenvalue weighted by Gasteiger charge is -2.27. The Balaban J connectivity index is 2.09. The molecule has 0 aromatic carbocycles. The normalized spacial score (nSPS) is 17.7. The average Bonchev–Trinajstić information content (AvgIpc) is 2.26. The highest BCUT2D eigenvalue weighted by Crippen LogP contribution is 2.18. The van der Waals surface area contributed by atoms with E-state index in [2.05, 4.69) is 36.6 Å². The van der Waals surface area contributed by atoms with Crippen molar-refractivity contribution in [1.29, 1.82) is 0 Å². The van der Waals surface area contributed by atoms with Crippen molar-refractivity contribution in [2.45, 2.75) is 19.3 Å². The van der Waals surface area contributed by atoms with Crippen molar-refractivity contribution in [3.63, 3.8) is 0 Å². The molecule has 0 atom stereocenters. The van der Waals surface area contributed by atoms with Crippen LogP contribution in [0.25, 0.3) is 0 Å². The Hall–Kier alpha value is -0.880. The van der Waals surface area contributed by atoms with Gasteiger partial charge in [0.25, 0.3) is 5.56 Å². The fraction of sp³-hybridized carbons (Fsp3) is 0.556. The van der Waals surface area contributed by atoms with E-state index in [-0.39, 0.29) is 5.56 Å². The molecule has 1 aliphatic rings. The molecule has 0 bridgehead atoms. The number of hydrogen-bond donors (Lipinski definition) is 2. The molecular weight excluding hydrogens is 260 g/mol. The third-order valence-corrected chi connectivity index (χ3v) is 3.22. The molecule has 2 heterocycles. The first kappa shape index (κ1) is 10.6. The average molecular weight is 273 g/mol. The second-order valence-electron chi connectivity index (χ2n) is 3.59. The van der Waals surface area contributed by atoms with E-state index < -0.39 is 0 Å². The molecule has 0 amide bonds. The molecule has 0 aliphatic carbocycles. The molecule has 1 aliphatic heterocycles. The minimum atomic E-state index is -0.211. The molecule has 15 heavy (non-hydrogen) atoms. The minimum absolute atomic E-state index is 0.211. The second-order valence-corrected chi connectivity index (χ2v) is 4.38. The van der Waals surface area contributed by atoms with Gasteiger partial charge in [-0.05, 0) is 28.8 Å². The number of rotatable bonds is 2. The Morgan fingerprint density at radius 3 is 2.87 bits per heavy atom. The molecule has 0 spiro atoms. The Morgan fingerprint density at radius 1 is 1.40 bits per heavy atom. The lowest BCUT2D eigenvalue weighted by Crippen LogP contribution is -2.35. The van der Waals surface area contributed by atoms with Crippen LogP contribution in [0.4, 0.5) is 5.69 Å². The number of hydrogen-bond acceptors (Lipinski definition) is 4. The van der Waals surface area contributed by atoms with Crippen LogP contribution < -0.4 is 11.0 Å². The Labute approximate surface area is 96.0 Å². The molecule has 82 valence electrons. The lowest BCUT2D eigenvalue weighted by atomic mass is 10.2. The molecule has 1 saturated heterocycles. The van der Waals surface area contributed by atoms with Crippen LogP contribution in [0.2, 0.25) is 0 Å². The summed E-state index contributed by atoms with van der Waals surface area (Å²) in [6.45, 7) is 2.03. The number of halogens is 1. The first-order valence-electron chi connectivity index (χ1n) is 5.02. The highest BCUT2D eigenvalue weighted by atomic mass is 79.9. The quantitative estimate of drug-likeness (QED) is 0.853. The maximum atomic E-state index is 11.3. The van der Waals surface area contributed by atoms with Gasteiger partial charge in [-0.2, -0.15) is 5.10 Å². The van der Waals surface area contributed by atoms with E-state index in [4.69, 9.17) is 0 Å². The van der Waals surface area contributed by atoms with Crippen LogP contribution >= 0.6 is 15.9 Å². The van der Waals surface area contributed by atoms with Crippen molar-refractivity contribution >= 4 is 21.6 Å². The van der Waals surface area contributed by atoms with Crippen LogP contribution in [0, 0.1) is 0 Å². The first-order chi connectivity index (χ1) is 7.27. The maximum Gasteiger partial charge on any atom is 0.280 e. The zero-order valence-corrected chi connectivity index (χ0v) is 9.88. The van der Waals surface area contributed by atoms with Gasteiger partial charge < -0.3 is 5.43 Å². The number of nitrogens with zero attached hydrogens (tertiary/aromatic N) is 2. The summed E-state index contributed by atoms with van der Waals surface area (Å²) in [6, 6.07) is 0. The van der Waals surface area contributed by atoms with Crippen molar-refractivity contribution in [2.75, 3.05) is 18.5 Å². The van der Waals surface area contributed by atoms with Crippen molar-refractivity contribution in [1.82, 2.24) is 15.2 Å². The van der Waals surface area contributed by atoms with Crippen LogP contribution in [0.1, 0.15) is 19.3 Å². The van der Waals surface area contributed by atoms with E-state index >= 15 is 0 Å². The molecule has 1 aromatic heterocycles.